The maximum atomic E-state index is 12.6. The van der Waals surface area contributed by atoms with Crippen LogP contribution in [-0.4, -0.2) is 48.8 Å². The van der Waals surface area contributed by atoms with E-state index in [1.807, 2.05) is 13.8 Å². The topological polar surface area (TPSA) is 75.7 Å². The first-order chi connectivity index (χ1) is 10.9. The van der Waals surface area contributed by atoms with E-state index >= 15 is 0 Å². The van der Waals surface area contributed by atoms with Gasteiger partial charge in [-0.3, -0.25) is 9.59 Å². The third-order valence-electron chi connectivity index (χ3n) is 3.36. The van der Waals surface area contributed by atoms with Gasteiger partial charge in [0, 0.05) is 25.4 Å². The molecule has 0 radical (unpaired) electrons. The molecule has 1 rings (SSSR count). The summed E-state index contributed by atoms with van der Waals surface area (Å²) >= 11 is 6.63. The molecule has 0 aliphatic carbocycles. The average molecular weight is 361 g/mol. The molecule has 0 aliphatic heterocycles. The Hall–Kier alpha value is -1.60. The Labute approximate surface area is 144 Å². The number of hydrogen-bond acceptors (Lipinski definition) is 5. The second kappa shape index (κ2) is 8.88. The summed E-state index contributed by atoms with van der Waals surface area (Å²) in [5, 5.41) is 2.96. The van der Waals surface area contributed by atoms with Crippen LogP contribution in [0, 0.1) is 6.92 Å². The Kier molecular flexibility index (Phi) is 7.51. The van der Waals surface area contributed by atoms with Gasteiger partial charge in [0.25, 0.3) is 5.91 Å². The minimum Gasteiger partial charge on any atom is -0.465 e. The second-order valence-corrected chi connectivity index (χ2v) is 6.12. The summed E-state index contributed by atoms with van der Waals surface area (Å²) in [6.45, 7) is 6.57. The van der Waals surface area contributed by atoms with E-state index < -0.39 is 5.97 Å². The summed E-state index contributed by atoms with van der Waals surface area (Å²) in [7, 11) is 1.26. The van der Waals surface area contributed by atoms with E-state index in [4.69, 9.17) is 16.3 Å². The van der Waals surface area contributed by atoms with Crippen LogP contribution in [0.4, 0.5) is 5.00 Å². The molecule has 0 spiro atoms. The van der Waals surface area contributed by atoms with Gasteiger partial charge in [0.05, 0.1) is 17.6 Å². The largest absolute Gasteiger partial charge is 0.465 e. The first kappa shape index (κ1) is 19.4. The number of nitrogens with one attached hydrogen (secondary N) is 1. The number of alkyl halides is 1. The predicted octanol–water partition coefficient (Wildman–Crippen LogP) is 2.89. The fourth-order valence-electron chi connectivity index (χ4n) is 2.08. The number of hydrogen-bond donors (Lipinski definition) is 1. The lowest BCUT2D eigenvalue weighted by Gasteiger charge is -2.17. The van der Waals surface area contributed by atoms with Crippen LogP contribution in [0.1, 0.15) is 45.9 Å². The molecular weight excluding hydrogens is 340 g/mol. The van der Waals surface area contributed by atoms with E-state index in [0.717, 1.165) is 11.3 Å². The van der Waals surface area contributed by atoms with Crippen molar-refractivity contribution in [3.05, 3.63) is 16.0 Å². The van der Waals surface area contributed by atoms with E-state index in [-0.39, 0.29) is 29.7 Å². The summed E-state index contributed by atoms with van der Waals surface area (Å²) in [4.78, 5) is 38.4. The van der Waals surface area contributed by atoms with Crippen LogP contribution in [0.2, 0.25) is 0 Å². The first-order valence-electron chi connectivity index (χ1n) is 7.27. The molecule has 0 fully saturated rings. The van der Waals surface area contributed by atoms with E-state index in [1.165, 1.54) is 7.11 Å². The molecule has 2 amide bonds. The molecule has 6 nitrogen and oxygen atoms in total. The van der Waals surface area contributed by atoms with E-state index in [2.05, 4.69) is 5.32 Å². The summed E-state index contributed by atoms with van der Waals surface area (Å²) in [5.41, 5.74) is 0.732. The van der Waals surface area contributed by atoms with Crippen molar-refractivity contribution in [1.82, 2.24) is 4.90 Å². The molecule has 128 valence electrons. The van der Waals surface area contributed by atoms with Crippen molar-refractivity contribution >= 4 is 45.7 Å². The maximum absolute atomic E-state index is 12.6. The van der Waals surface area contributed by atoms with Gasteiger partial charge in [-0.1, -0.05) is 0 Å². The monoisotopic (exact) mass is 360 g/mol. The summed E-state index contributed by atoms with van der Waals surface area (Å²) in [5.74, 6) is -0.887. The molecule has 0 saturated heterocycles. The van der Waals surface area contributed by atoms with Crippen molar-refractivity contribution < 1.29 is 19.1 Å². The van der Waals surface area contributed by atoms with Gasteiger partial charge in [0.1, 0.15) is 5.00 Å². The van der Waals surface area contributed by atoms with Crippen LogP contribution in [0.3, 0.4) is 0 Å². The molecule has 0 atom stereocenters. The fraction of sp³-hybridized carbons (Fsp3) is 0.533. The van der Waals surface area contributed by atoms with Gasteiger partial charge in [-0.2, -0.15) is 0 Å². The number of carbonyl (C=O) groups is 3. The molecule has 0 bridgehead atoms. The lowest BCUT2D eigenvalue weighted by Crippen LogP contribution is -2.30. The molecule has 8 heteroatoms. The Morgan fingerprint density at radius 2 is 1.87 bits per heavy atom. The number of methoxy groups -OCH3 is 1. The molecule has 0 aromatic carbocycles. The number of amides is 2. The van der Waals surface area contributed by atoms with E-state index in [9.17, 15) is 14.4 Å². The molecule has 1 heterocycles. The van der Waals surface area contributed by atoms with Crippen molar-refractivity contribution in [2.24, 2.45) is 0 Å². The Balaban J connectivity index is 3.29. The lowest BCUT2D eigenvalue weighted by atomic mass is 10.1. The second-order valence-electron chi connectivity index (χ2n) is 4.72. The molecule has 23 heavy (non-hydrogen) atoms. The normalized spacial score (nSPS) is 10.3. The van der Waals surface area contributed by atoms with Crippen LogP contribution < -0.4 is 5.32 Å². The third-order valence-corrected chi connectivity index (χ3v) is 4.74. The number of thiophene rings is 1. The molecule has 1 aromatic rings. The summed E-state index contributed by atoms with van der Waals surface area (Å²) in [6, 6.07) is 0. The fourth-order valence-corrected chi connectivity index (χ4v) is 3.43. The number of esters is 1. The maximum Gasteiger partial charge on any atom is 0.341 e. The number of rotatable bonds is 7. The number of anilines is 1. The summed E-state index contributed by atoms with van der Waals surface area (Å²) < 4.78 is 4.77. The van der Waals surface area contributed by atoms with Crippen molar-refractivity contribution in [1.29, 1.82) is 0 Å². The number of ether oxygens (including phenoxy) is 1. The standard InChI is InChI=1S/C15H21ClN2O4S/c1-5-18(6-2)14(20)12-9(3)11(15(21)22-4)13(23-12)17-10(19)7-8-16/h5-8H2,1-4H3,(H,17,19). The lowest BCUT2D eigenvalue weighted by molar-refractivity contribution is -0.115. The van der Waals surface area contributed by atoms with Crippen LogP contribution >= 0.6 is 22.9 Å². The highest BCUT2D eigenvalue weighted by Gasteiger charge is 2.27. The molecule has 1 N–H and O–H groups in total. The quantitative estimate of drug-likeness (QED) is 0.599. The molecule has 1 aromatic heterocycles. The van der Waals surface area contributed by atoms with E-state index in [0.29, 0.717) is 28.5 Å². The van der Waals surface area contributed by atoms with Crippen molar-refractivity contribution in [2.75, 3.05) is 31.4 Å². The zero-order chi connectivity index (χ0) is 17.6. The SMILES string of the molecule is CCN(CC)C(=O)c1sc(NC(=O)CCCl)c(C(=O)OC)c1C. The predicted molar refractivity (Wildman–Crippen MR) is 91.6 cm³/mol. The van der Waals surface area contributed by atoms with Gasteiger partial charge in [-0.25, -0.2) is 4.79 Å². The van der Waals surface area contributed by atoms with Crippen molar-refractivity contribution in [2.45, 2.75) is 27.2 Å². The smallest absolute Gasteiger partial charge is 0.341 e. The highest BCUT2D eigenvalue weighted by molar-refractivity contribution is 7.18. The van der Waals surface area contributed by atoms with E-state index in [1.54, 1.807) is 11.8 Å². The minimum absolute atomic E-state index is 0.123. The minimum atomic E-state index is -0.585. The third kappa shape index (κ3) is 4.45. The van der Waals surface area contributed by atoms with Crippen molar-refractivity contribution in [3.8, 4) is 0 Å². The van der Waals surface area contributed by atoms with Gasteiger partial charge in [0.2, 0.25) is 5.91 Å². The van der Waals surface area contributed by atoms with Gasteiger partial charge in [-0.15, -0.1) is 22.9 Å². The van der Waals surface area contributed by atoms with Crippen LogP contribution in [0.15, 0.2) is 0 Å². The molecule has 0 aliphatic rings. The Morgan fingerprint density at radius 1 is 1.26 bits per heavy atom. The van der Waals surface area contributed by atoms with Crippen LogP contribution in [0.25, 0.3) is 0 Å². The van der Waals surface area contributed by atoms with Gasteiger partial charge >= 0.3 is 5.97 Å². The van der Waals surface area contributed by atoms with Gasteiger partial charge < -0.3 is 15.0 Å². The highest BCUT2D eigenvalue weighted by atomic mass is 35.5. The Morgan fingerprint density at radius 3 is 2.35 bits per heavy atom. The average Bonchev–Trinajstić information content (AvgIpc) is 2.84. The van der Waals surface area contributed by atoms with Crippen LogP contribution in [0.5, 0.6) is 0 Å². The van der Waals surface area contributed by atoms with Crippen molar-refractivity contribution in [3.63, 3.8) is 0 Å². The molecule has 0 saturated carbocycles. The molecule has 0 unspecified atom stereocenters. The zero-order valence-electron chi connectivity index (χ0n) is 13.7. The highest BCUT2D eigenvalue weighted by Crippen LogP contribution is 2.34. The zero-order valence-corrected chi connectivity index (χ0v) is 15.3. The Bertz CT molecular complexity index is 597. The first-order valence-corrected chi connectivity index (χ1v) is 8.63. The van der Waals surface area contributed by atoms with Gasteiger partial charge in [-0.05, 0) is 26.3 Å². The number of nitrogens with zero attached hydrogens (tertiary/aromatic N) is 1. The number of carbonyl (C=O) groups excluding carboxylic acids is 3. The van der Waals surface area contributed by atoms with Crippen LogP contribution in [-0.2, 0) is 9.53 Å². The van der Waals surface area contributed by atoms with Gasteiger partial charge in [0.15, 0.2) is 0 Å². The molecular formula is C15H21ClN2O4S. The summed E-state index contributed by atoms with van der Waals surface area (Å²) in [6.07, 6.45) is 0.123. The number of halogens is 1.